The van der Waals surface area contributed by atoms with Crippen molar-refractivity contribution >= 4 is 24.8 Å². The van der Waals surface area contributed by atoms with Crippen molar-refractivity contribution in [3.8, 4) is 0 Å². The van der Waals surface area contributed by atoms with E-state index in [4.69, 9.17) is 0 Å². The Balaban J connectivity index is 0. The van der Waals surface area contributed by atoms with Gasteiger partial charge >= 0.3 is 137 Å². The molecule has 0 saturated heterocycles. The summed E-state index contributed by atoms with van der Waals surface area (Å²) in [6.07, 6.45) is 16.9. The van der Waals surface area contributed by atoms with Gasteiger partial charge in [-0.15, -0.1) is 24.8 Å². The Morgan fingerprint density at radius 1 is 1.00 bits per heavy atom. The van der Waals surface area contributed by atoms with Crippen LogP contribution in [0.15, 0.2) is 22.1 Å². The van der Waals surface area contributed by atoms with E-state index in [2.05, 4.69) is 58.0 Å². The maximum Gasteiger partial charge on any atom is -0.147 e. The Kier molecular flexibility index (Phi) is 15.8. The van der Waals surface area contributed by atoms with Crippen LogP contribution in [0.4, 0.5) is 0 Å². The minimum Gasteiger partial charge on any atom is -0.147 e. The molecule has 1 aliphatic carbocycles. The van der Waals surface area contributed by atoms with Gasteiger partial charge in [-0.1, -0.05) is 0 Å². The van der Waals surface area contributed by atoms with Crippen molar-refractivity contribution in [1.82, 2.24) is 4.90 Å². The second kappa shape index (κ2) is 14.0. The predicted octanol–water partition coefficient (Wildman–Crippen LogP) is 6.95. The van der Waals surface area contributed by atoms with Gasteiger partial charge < -0.3 is 0 Å². The average Bonchev–Trinajstić information content (AvgIpc) is 3.00. The van der Waals surface area contributed by atoms with Crippen molar-refractivity contribution in [3.63, 3.8) is 0 Å². The zero-order chi connectivity index (χ0) is 15.7. The van der Waals surface area contributed by atoms with Crippen LogP contribution in [-0.2, 0) is 16.6 Å². The molecule has 0 saturated carbocycles. The van der Waals surface area contributed by atoms with Gasteiger partial charge in [0.15, 0.2) is 0 Å². The molecule has 0 N–H and O–H groups in total. The fraction of sp³-hybridized carbons (Fsp3) is 0.789. The van der Waals surface area contributed by atoms with E-state index in [1.54, 1.807) is 9.45 Å². The number of hydrogen-bond donors (Lipinski definition) is 0. The van der Waals surface area contributed by atoms with E-state index in [-0.39, 0.29) is 24.8 Å². The fourth-order valence-electron chi connectivity index (χ4n) is 3.82. The van der Waals surface area contributed by atoms with Crippen molar-refractivity contribution in [3.05, 3.63) is 22.1 Å². The summed E-state index contributed by atoms with van der Waals surface area (Å²) in [6, 6.07) is 0. The fourth-order valence-corrected chi connectivity index (χ4v) is 13.1. The molecular formula is C19H39Cl2NTi. The number of nitrogens with zero attached hydrogens (tertiary/aromatic N) is 1. The van der Waals surface area contributed by atoms with Crippen LogP contribution in [0.3, 0.4) is 0 Å². The van der Waals surface area contributed by atoms with E-state index in [9.17, 15) is 0 Å². The summed E-state index contributed by atoms with van der Waals surface area (Å²) < 4.78 is 5.78. The van der Waals surface area contributed by atoms with Crippen LogP contribution in [0.5, 0.6) is 0 Å². The van der Waals surface area contributed by atoms with Crippen molar-refractivity contribution in [2.45, 2.75) is 79.5 Å². The molecule has 4 heteroatoms. The molecule has 1 nitrogen and oxygen atoms in total. The molecule has 0 aromatic heterocycles. The summed E-state index contributed by atoms with van der Waals surface area (Å²) in [7, 11) is 4.60. The van der Waals surface area contributed by atoms with E-state index in [0.29, 0.717) is 0 Å². The predicted molar refractivity (Wildman–Crippen MR) is 108 cm³/mol. The van der Waals surface area contributed by atoms with E-state index in [1.165, 1.54) is 44.9 Å². The SMILES string of the molecule is CCCC[CH2][Ti]([CH2]CCCC)([C]1=CC=CC1)[CH](C)N(C)C.Cl.Cl. The Bertz CT molecular complexity index is 343. The maximum absolute atomic E-state index is 2.52. The molecule has 1 unspecified atom stereocenters. The third-order valence-electron chi connectivity index (χ3n) is 5.44. The molecule has 138 valence electrons. The quantitative estimate of drug-likeness (QED) is 0.268. The average molecular weight is 400 g/mol. The van der Waals surface area contributed by atoms with Crippen LogP contribution < -0.4 is 0 Å². The van der Waals surface area contributed by atoms with Gasteiger partial charge in [0.2, 0.25) is 0 Å². The molecule has 0 aromatic rings. The monoisotopic (exact) mass is 399 g/mol. The van der Waals surface area contributed by atoms with Crippen LogP contribution >= 0.6 is 24.8 Å². The largest absolute Gasteiger partial charge is 0.147 e. The first-order valence-corrected chi connectivity index (χ1v) is 13.0. The van der Waals surface area contributed by atoms with Gasteiger partial charge in [-0.05, 0) is 0 Å². The first-order chi connectivity index (χ1) is 10.1. The van der Waals surface area contributed by atoms with E-state index in [1.807, 2.05) is 3.88 Å². The van der Waals surface area contributed by atoms with E-state index in [0.717, 1.165) is 4.35 Å². The van der Waals surface area contributed by atoms with Crippen LogP contribution in [0.2, 0.25) is 9.45 Å². The van der Waals surface area contributed by atoms with Gasteiger partial charge in [0.1, 0.15) is 0 Å². The zero-order valence-electron chi connectivity index (χ0n) is 15.9. The maximum atomic E-state index is 2.52. The van der Waals surface area contributed by atoms with Crippen molar-refractivity contribution < 1.29 is 16.6 Å². The molecule has 23 heavy (non-hydrogen) atoms. The van der Waals surface area contributed by atoms with Gasteiger partial charge in [-0.25, -0.2) is 0 Å². The summed E-state index contributed by atoms with van der Waals surface area (Å²) in [4.78, 5) is 2.52. The van der Waals surface area contributed by atoms with Crippen LogP contribution in [0.25, 0.3) is 0 Å². The smallest absolute Gasteiger partial charge is 0.147 e. The topological polar surface area (TPSA) is 3.24 Å². The van der Waals surface area contributed by atoms with Crippen LogP contribution in [0.1, 0.15) is 65.7 Å². The van der Waals surface area contributed by atoms with Gasteiger partial charge in [-0.3, -0.25) is 0 Å². The number of hydrogen-bond acceptors (Lipinski definition) is 1. The molecule has 0 bridgehead atoms. The molecule has 0 spiro atoms. The summed E-state index contributed by atoms with van der Waals surface area (Å²) in [5.74, 6) is 0. The Hall–Kier alpha value is 0.734. The van der Waals surface area contributed by atoms with Gasteiger partial charge in [-0.2, -0.15) is 0 Å². The van der Waals surface area contributed by atoms with Crippen molar-refractivity contribution in [2.75, 3.05) is 14.1 Å². The van der Waals surface area contributed by atoms with Gasteiger partial charge in [0.25, 0.3) is 0 Å². The van der Waals surface area contributed by atoms with Crippen LogP contribution in [-0.4, -0.2) is 23.3 Å². The molecular weight excluding hydrogens is 361 g/mol. The molecule has 0 aromatic carbocycles. The second-order valence-corrected chi connectivity index (χ2v) is 14.5. The molecule has 1 aliphatic rings. The molecule has 1 rings (SSSR count). The minimum atomic E-state index is -2.00. The normalized spacial score (nSPS) is 15.1. The molecule has 0 aliphatic heterocycles. The molecule has 0 heterocycles. The zero-order valence-corrected chi connectivity index (χ0v) is 19.1. The van der Waals surface area contributed by atoms with Crippen molar-refractivity contribution in [1.29, 1.82) is 0 Å². The van der Waals surface area contributed by atoms with Gasteiger partial charge in [0, 0.05) is 0 Å². The second-order valence-electron chi connectivity index (χ2n) is 7.03. The summed E-state index contributed by atoms with van der Waals surface area (Å²) in [5.41, 5.74) is 0. The molecule has 0 amide bonds. The van der Waals surface area contributed by atoms with Gasteiger partial charge in [0.05, 0.1) is 0 Å². The Labute approximate surface area is 161 Å². The molecule has 1 atom stereocenters. The number of unbranched alkanes of at least 4 members (excludes halogenated alkanes) is 4. The first kappa shape index (κ1) is 26.0. The number of allylic oxidation sites excluding steroid dienone is 4. The summed E-state index contributed by atoms with van der Waals surface area (Å²) >= 11 is -2.00. The minimum absolute atomic E-state index is 0. The number of halogens is 2. The third kappa shape index (κ3) is 7.65. The molecule has 0 fully saturated rings. The Morgan fingerprint density at radius 3 is 1.87 bits per heavy atom. The van der Waals surface area contributed by atoms with E-state index < -0.39 is 16.6 Å². The standard InChI is InChI=1S/C5H5.2C5H11.C4H10N.2ClH.Ti/c1-2-4-5-3-1;2*1-3-5-4-2;1-4-5(2)3;;;/h1-3H,4H2;2*1,3-5H2,2H3;4H,1-3H3;2*1H;. The third-order valence-corrected chi connectivity index (χ3v) is 15.2. The summed E-state index contributed by atoms with van der Waals surface area (Å²) in [5, 5.41) is 0. The molecule has 0 radical (unpaired) electrons. The van der Waals surface area contributed by atoms with Crippen molar-refractivity contribution in [2.24, 2.45) is 0 Å². The van der Waals surface area contributed by atoms with Crippen LogP contribution in [0, 0.1) is 0 Å². The van der Waals surface area contributed by atoms with E-state index >= 15 is 0 Å². The summed E-state index contributed by atoms with van der Waals surface area (Å²) in [6.45, 7) is 7.19. The first-order valence-electron chi connectivity index (χ1n) is 9.11. The number of rotatable bonds is 11. The Morgan fingerprint density at radius 2 is 1.52 bits per heavy atom.